The minimum absolute atomic E-state index is 1.75. The van der Waals surface area contributed by atoms with Crippen molar-refractivity contribution < 1.29 is 0 Å². The van der Waals surface area contributed by atoms with E-state index in [1.54, 1.807) is 6.69 Å². The Morgan fingerprint density at radius 2 is 1.18 bits per heavy atom. The zero-order chi connectivity index (χ0) is 8.36. The van der Waals surface area contributed by atoms with Gasteiger partial charge in [-0.25, -0.2) is 0 Å². The molecule has 0 N–H and O–H groups in total. The van der Waals surface area contributed by atoms with Crippen LogP contribution >= 0.6 is 0 Å². The fourth-order valence-corrected chi connectivity index (χ4v) is 0.510. The van der Waals surface area contributed by atoms with Crippen LogP contribution in [0.15, 0.2) is 0 Å². The van der Waals surface area contributed by atoms with E-state index in [1.165, 1.54) is 0 Å². The molecule has 0 fully saturated rings. The van der Waals surface area contributed by atoms with E-state index in [4.69, 9.17) is 0 Å². The first-order valence-electron chi connectivity index (χ1n) is 3.65. The Morgan fingerprint density at radius 3 is 1.64 bits per heavy atom. The van der Waals surface area contributed by atoms with E-state index in [1.807, 2.05) is 60.5 Å². The van der Waals surface area contributed by atoms with E-state index in [0.717, 1.165) is 0 Å². The average Bonchev–Trinajstić information content (AvgIpc) is 2.03. The van der Waals surface area contributed by atoms with E-state index in [-0.39, 0.29) is 0 Å². The Labute approximate surface area is 74.9 Å². The summed E-state index contributed by atoms with van der Waals surface area (Å²) >= 11 is 0. The van der Waals surface area contributed by atoms with Crippen LogP contribution < -0.4 is 0 Å². The normalized spacial score (nSPS) is 6.55. The molecule has 0 saturated carbocycles. The van der Waals surface area contributed by atoms with Gasteiger partial charge >= 0.3 is 74.5 Å². The first-order valence-corrected chi connectivity index (χ1v) is 3.65. The summed E-state index contributed by atoms with van der Waals surface area (Å²) in [7, 11) is 3.56. The summed E-state index contributed by atoms with van der Waals surface area (Å²) in [5, 5.41) is 0. The van der Waals surface area contributed by atoms with Gasteiger partial charge in [-0.1, -0.05) is 0 Å². The van der Waals surface area contributed by atoms with Gasteiger partial charge in [-0.3, -0.25) is 0 Å². The topological polar surface area (TPSA) is 0 Å². The molecule has 0 unspecified atom stereocenters. The standard InChI is InChI=1S/CH4B10/c1-3-5-7-9-11-10-8-6-4-2/h2H,1H3. The van der Waals surface area contributed by atoms with Crippen molar-refractivity contribution in [2.24, 2.45) is 0 Å². The second-order valence-electron chi connectivity index (χ2n) is 1.92. The second-order valence-corrected chi connectivity index (χ2v) is 1.92. The van der Waals surface area contributed by atoms with Crippen molar-refractivity contribution in [3.05, 3.63) is 0 Å². The summed E-state index contributed by atoms with van der Waals surface area (Å²) < 4.78 is 0. The molecule has 0 atom stereocenters. The van der Waals surface area contributed by atoms with Crippen LogP contribution in [0.25, 0.3) is 0 Å². The molecule has 0 heterocycles. The Hall–Kier alpha value is 0.649. The summed E-state index contributed by atoms with van der Waals surface area (Å²) in [4.78, 5) is 0. The third kappa shape index (κ3) is 10.6. The van der Waals surface area contributed by atoms with Crippen LogP contribution in [0.3, 0.4) is 0 Å². The molecule has 0 aliphatic heterocycles. The maximum atomic E-state index is 3.56. The Morgan fingerprint density at radius 1 is 0.727 bits per heavy atom. The van der Waals surface area contributed by atoms with Crippen LogP contribution in [-0.4, -0.2) is 67.7 Å². The van der Waals surface area contributed by atoms with Gasteiger partial charge in [0.1, 0.15) is 0 Å². The van der Waals surface area contributed by atoms with Crippen molar-refractivity contribution in [2.75, 3.05) is 0 Å². The molecule has 0 nitrogen and oxygen atoms in total. The summed E-state index contributed by atoms with van der Waals surface area (Å²) in [6, 6.07) is 0. The van der Waals surface area contributed by atoms with E-state index in [0.29, 0.717) is 0 Å². The molecule has 0 amide bonds. The van der Waals surface area contributed by atoms with Gasteiger partial charge in [-0.15, -0.1) is 0 Å². The van der Waals surface area contributed by atoms with Gasteiger partial charge in [0.15, 0.2) is 0 Å². The molecular weight excluding hydrogens is 120 g/mol. The molecule has 0 aromatic heterocycles. The molecule has 0 aliphatic carbocycles. The van der Waals surface area contributed by atoms with Crippen LogP contribution in [0.2, 0.25) is 6.82 Å². The quantitative estimate of drug-likeness (QED) is 0.341. The maximum absolute atomic E-state index is 3.56. The van der Waals surface area contributed by atoms with Crippen molar-refractivity contribution >= 4 is 67.7 Å². The van der Waals surface area contributed by atoms with Gasteiger partial charge in [0.2, 0.25) is 0 Å². The van der Waals surface area contributed by atoms with Crippen LogP contribution in [0, 0.1) is 0 Å². The first kappa shape index (κ1) is 11.6. The molecule has 0 rings (SSSR count). The molecule has 0 spiro atoms. The first-order chi connectivity index (χ1) is 5.41. The SMILES string of the molecule is B=BB=BB=BB=BB=BC. The van der Waals surface area contributed by atoms with Gasteiger partial charge < -0.3 is 0 Å². The zero-order valence-electron chi connectivity index (χ0n) is 6.90. The molecule has 10 heteroatoms. The van der Waals surface area contributed by atoms with Crippen molar-refractivity contribution in [3.63, 3.8) is 0 Å². The number of hydrogen-bond acceptors (Lipinski definition) is 0. The summed E-state index contributed by atoms with van der Waals surface area (Å²) in [6.07, 6.45) is 0. The minimum atomic E-state index is 1.75. The van der Waals surface area contributed by atoms with Gasteiger partial charge in [0.05, 0.1) is 0 Å². The van der Waals surface area contributed by atoms with Gasteiger partial charge in [-0.05, 0) is 0 Å². The fourth-order valence-electron chi connectivity index (χ4n) is 0.510. The number of hydrogen-bond donors (Lipinski definition) is 0. The summed E-state index contributed by atoms with van der Waals surface area (Å²) in [5.74, 6) is 0. The third-order valence-corrected chi connectivity index (χ3v) is 0.995. The van der Waals surface area contributed by atoms with Crippen LogP contribution in [-0.2, 0) is 0 Å². The van der Waals surface area contributed by atoms with E-state index >= 15 is 0 Å². The Kier molecular flexibility index (Phi) is 11.3. The van der Waals surface area contributed by atoms with Crippen LogP contribution in [0.1, 0.15) is 0 Å². The van der Waals surface area contributed by atoms with Crippen molar-refractivity contribution in [2.45, 2.75) is 6.82 Å². The van der Waals surface area contributed by atoms with E-state index in [9.17, 15) is 0 Å². The van der Waals surface area contributed by atoms with E-state index < -0.39 is 0 Å². The molecule has 0 saturated heterocycles. The Balaban J connectivity index is 3.59. The molecule has 0 aromatic rings. The summed E-state index contributed by atoms with van der Waals surface area (Å²) in [5.41, 5.74) is 0. The molecule has 38 valence electrons. The molecule has 0 aliphatic rings. The molecule has 11 heavy (non-hydrogen) atoms. The van der Waals surface area contributed by atoms with Gasteiger partial charge in [0, 0.05) is 0 Å². The zero-order valence-corrected chi connectivity index (χ0v) is 6.90. The second kappa shape index (κ2) is 10.6. The molecule has 0 radical (unpaired) electrons. The van der Waals surface area contributed by atoms with Crippen LogP contribution in [0.5, 0.6) is 0 Å². The predicted octanol–water partition coefficient (Wildman–Crippen LogP) is -3.49. The third-order valence-electron chi connectivity index (χ3n) is 0.995. The molecule has 0 bridgehead atoms. The Bertz CT molecular complexity index is 195. The molecule has 0 aromatic carbocycles. The predicted molar refractivity (Wildman–Crippen MR) is 64.8 cm³/mol. The van der Waals surface area contributed by atoms with Crippen molar-refractivity contribution in [1.82, 2.24) is 0 Å². The fraction of sp³-hybridized carbons (Fsp3) is 1.00. The number of rotatable bonds is 4. The van der Waals surface area contributed by atoms with Crippen LogP contribution in [0.4, 0.5) is 0 Å². The monoisotopic (exact) mass is 126 g/mol. The average molecular weight is 124 g/mol. The summed E-state index contributed by atoms with van der Waals surface area (Å²) in [6.45, 7) is 19.4. The molecular formula is CH4B10. The van der Waals surface area contributed by atoms with E-state index in [2.05, 4.69) is 7.37 Å². The van der Waals surface area contributed by atoms with Crippen molar-refractivity contribution in [1.29, 1.82) is 0 Å². The van der Waals surface area contributed by atoms with Gasteiger partial charge in [-0.2, -0.15) is 0 Å². The van der Waals surface area contributed by atoms with Crippen molar-refractivity contribution in [3.8, 4) is 0 Å². The van der Waals surface area contributed by atoms with Gasteiger partial charge in [0.25, 0.3) is 0 Å².